The highest BCUT2D eigenvalue weighted by Gasteiger charge is 2.39. The van der Waals surface area contributed by atoms with Gasteiger partial charge in [-0.1, -0.05) is 12.1 Å². The molecule has 0 radical (unpaired) electrons. The molecule has 2 aromatic heterocycles. The summed E-state index contributed by atoms with van der Waals surface area (Å²) in [7, 11) is 1.86. The van der Waals surface area contributed by atoms with Crippen LogP contribution in [-0.4, -0.2) is 56.4 Å². The molecule has 4 aliphatic rings. The summed E-state index contributed by atoms with van der Waals surface area (Å²) >= 11 is 0. The first-order chi connectivity index (χ1) is 21.0. The molecule has 0 N–H and O–H groups in total. The normalized spacial score (nSPS) is 21.3. The second-order valence-electron chi connectivity index (χ2n) is 12.1. The van der Waals surface area contributed by atoms with Gasteiger partial charge < -0.3 is 9.30 Å². The molecule has 0 unspecified atom stereocenters. The first-order valence-electron chi connectivity index (χ1n) is 14.8. The highest BCUT2D eigenvalue weighted by atomic mass is 19.1. The zero-order chi connectivity index (χ0) is 29.2. The largest absolute Gasteiger partial charge is 0.379 e. The van der Waals surface area contributed by atoms with Gasteiger partial charge in [-0.2, -0.15) is 0 Å². The molecule has 1 saturated carbocycles. The van der Waals surface area contributed by atoms with Gasteiger partial charge in [-0.15, -0.1) is 10.2 Å². The Labute approximate surface area is 248 Å². The first kappa shape index (κ1) is 26.2. The minimum absolute atomic E-state index is 0.135. The van der Waals surface area contributed by atoms with Crippen molar-refractivity contribution < 1.29 is 13.9 Å². The van der Waals surface area contributed by atoms with Crippen molar-refractivity contribution in [3.63, 3.8) is 0 Å². The Balaban J connectivity index is 1.16. The highest BCUT2D eigenvalue weighted by molar-refractivity contribution is 6.10. The van der Waals surface area contributed by atoms with E-state index in [0.717, 1.165) is 67.0 Å². The van der Waals surface area contributed by atoms with Gasteiger partial charge in [-0.05, 0) is 72.8 Å². The number of aromatic nitrogens is 4. The van der Waals surface area contributed by atoms with Gasteiger partial charge in [0.25, 0.3) is 5.91 Å². The summed E-state index contributed by atoms with van der Waals surface area (Å²) in [4.78, 5) is 26.4. The van der Waals surface area contributed by atoms with Crippen molar-refractivity contribution in [1.82, 2.24) is 24.6 Å². The van der Waals surface area contributed by atoms with E-state index in [4.69, 9.17) is 16.3 Å². The van der Waals surface area contributed by atoms with Gasteiger partial charge in [0.2, 0.25) is 0 Å². The fourth-order valence-corrected chi connectivity index (χ4v) is 6.88. The fourth-order valence-electron chi connectivity index (χ4n) is 6.88. The standard InChI is InChI=1S/C33H30FN7O2/c1-35-23-5-6-24(25(13-23)32-38-36-18-39(32)2)22-11-29(20-3-4-20)37-31(12-22)41-15-27-26(33(41)42)9-19(10-28(27)34)14-40-8-7-21-16-43-17-30(21)40/h5-6,9-13,18,20-21,30H,3-4,7-8,14-17H2,2H3/t21-,30-/m0/s1. The maximum atomic E-state index is 15.6. The molecule has 1 amide bonds. The lowest BCUT2D eigenvalue weighted by atomic mass is 9.97. The number of anilines is 1. The predicted octanol–water partition coefficient (Wildman–Crippen LogP) is 5.49. The SMILES string of the molecule is [C-]#[N+]c1ccc(-c2cc(C3CC3)nc(N3Cc4c(F)cc(CN5CC[C@H]6COC[C@@H]65)cc4C3=O)c2)c(-c2nncn2C)c1. The highest BCUT2D eigenvalue weighted by Crippen LogP contribution is 2.44. The molecule has 2 saturated heterocycles. The summed E-state index contributed by atoms with van der Waals surface area (Å²) in [6, 6.07) is 13.3. The van der Waals surface area contributed by atoms with E-state index in [9.17, 15) is 4.79 Å². The van der Waals surface area contributed by atoms with Crippen LogP contribution in [0.2, 0.25) is 0 Å². The van der Waals surface area contributed by atoms with E-state index in [-0.39, 0.29) is 18.3 Å². The lowest BCUT2D eigenvalue weighted by Gasteiger charge is -2.22. The molecule has 5 heterocycles. The Morgan fingerprint density at radius 3 is 2.74 bits per heavy atom. The Hall–Kier alpha value is -4.46. The molecular formula is C33H30FN7O2. The number of hydrogen-bond donors (Lipinski definition) is 0. The summed E-state index contributed by atoms with van der Waals surface area (Å²) in [6.45, 7) is 10.8. The molecule has 2 aromatic carbocycles. The lowest BCUT2D eigenvalue weighted by molar-refractivity contribution is 0.0995. The minimum Gasteiger partial charge on any atom is -0.379 e. The van der Waals surface area contributed by atoms with E-state index in [0.29, 0.717) is 52.9 Å². The van der Waals surface area contributed by atoms with E-state index in [1.807, 2.05) is 35.9 Å². The van der Waals surface area contributed by atoms with Gasteiger partial charge in [0.05, 0.1) is 26.3 Å². The number of rotatable bonds is 6. The van der Waals surface area contributed by atoms with Crippen LogP contribution in [0.4, 0.5) is 15.9 Å². The Morgan fingerprint density at radius 2 is 1.95 bits per heavy atom. The van der Waals surface area contributed by atoms with Gasteiger partial charge >= 0.3 is 0 Å². The topological polar surface area (TPSA) is 80.7 Å². The molecule has 2 atom stereocenters. The molecule has 9 nitrogen and oxygen atoms in total. The van der Waals surface area contributed by atoms with Gasteiger partial charge in [0, 0.05) is 53.9 Å². The lowest BCUT2D eigenvalue weighted by Crippen LogP contribution is -2.32. The van der Waals surface area contributed by atoms with Crippen LogP contribution in [0, 0.1) is 18.3 Å². The third-order valence-corrected chi connectivity index (χ3v) is 9.35. The van der Waals surface area contributed by atoms with Crippen LogP contribution < -0.4 is 4.90 Å². The van der Waals surface area contributed by atoms with Gasteiger partial charge in [-0.25, -0.2) is 14.2 Å². The number of carbonyl (C=O) groups excluding carboxylic acids is 1. The number of hydrogen-bond acceptors (Lipinski definition) is 6. The number of nitrogens with zero attached hydrogens (tertiary/aromatic N) is 7. The van der Waals surface area contributed by atoms with Crippen LogP contribution in [0.25, 0.3) is 27.4 Å². The summed E-state index contributed by atoms with van der Waals surface area (Å²) < 4.78 is 23.0. The van der Waals surface area contributed by atoms with E-state index in [1.165, 1.54) is 0 Å². The number of benzene rings is 2. The maximum absolute atomic E-state index is 15.6. The molecular weight excluding hydrogens is 545 g/mol. The average molecular weight is 576 g/mol. The maximum Gasteiger partial charge on any atom is 0.260 e. The molecule has 0 spiro atoms. The smallest absolute Gasteiger partial charge is 0.260 e. The zero-order valence-electron chi connectivity index (χ0n) is 23.8. The van der Waals surface area contributed by atoms with Crippen LogP contribution in [0.3, 0.4) is 0 Å². The average Bonchev–Trinajstić information content (AvgIpc) is 3.26. The van der Waals surface area contributed by atoms with Crippen molar-refractivity contribution in [1.29, 1.82) is 0 Å². The zero-order valence-corrected chi connectivity index (χ0v) is 23.8. The van der Waals surface area contributed by atoms with Crippen molar-refractivity contribution in [2.45, 2.75) is 44.3 Å². The second-order valence-corrected chi connectivity index (χ2v) is 12.1. The number of aryl methyl sites for hydroxylation is 1. The third kappa shape index (κ3) is 4.51. The molecule has 4 aromatic rings. The quantitative estimate of drug-likeness (QED) is 0.283. The molecule has 1 aliphatic carbocycles. The van der Waals surface area contributed by atoms with E-state index < -0.39 is 0 Å². The molecule has 0 bridgehead atoms. The predicted molar refractivity (Wildman–Crippen MR) is 158 cm³/mol. The van der Waals surface area contributed by atoms with Gasteiger partial charge in [0.1, 0.15) is 18.0 Å². The molecule has 8 rings (SSSR count). The van der Waals surface area contributed by atoms with Crippen LogP contribution >= 0.6 is 0 Å². The monoisotopic (exact) mass is 575 g/mol. The number of carbonyl (C=O) groups is 1. The van der Waals surface area contributed by atoms with E-state index >= 15 is 4.39 Å². The minimum atomic E-state index is -0.348. The Kier molecular flexibility index (Phi) is 6.13. The number of fused-ring (bicyclic) bond motifs is 2. The van der Waals surface area contributed by atoms with Crippen LogP contribution in [-0.2, 0) is 24.9 Å². The summed E-state index contributed by atoms with van der Waals surface area (Å²) in [5, 5.41) is 8.35. The van der Waals surface area contributed by atoms with Crippen LogP contribution in [0.15, 0.2) is 48.8 Å². The summed E-state index contributed by atoms with van der Waals surface area (Å²) in [6.07, 6.45) is 4.80. The van der Waals surface area contributed by atoms with Crippen molar-refractivity contribution in [3.8, 4) is 22.5 Å². The van der Waals surface area contributed by atoms with Crippen molar-refractivity contribution in [3.05, 3.63) is 88.4 Å². The third-order valence-electron chi connectivity index (χ3n) is 9.35. The summed E-state index contributed by atoms with van der Waals surface area (Å²) in [5.41, 5.74) is 5.56. The van der Waals surface area contributed by atoms with Gasteiger partial charge in [-0.3, -0.25) is 14.6 Å². The molecule has 43 heavy (non-hydrogen) atoms. The second kappa shape index (κ2) is 10.1. The van der Waals surface area contributed by atoms with Crippen LogP contribution in [0.5, 0.6) is 0 Å². The van der Waals surface area contributed by atoms with Crippen molar-refractivity contribution in [2.75, 3.05) is 24.7 Å². The number of likely N-dealkylation sites (tertiary alicyclic amines) is 1. The number of ether oxygens (including phenoxy) is 1. The van der Waals surface area contributed by atoms with Gasteiger partial charge in [0.15, 0.2) is 11.5 Å². The molecule has 3 fully saturated rings. The number of halogens is 1. The molecule has 216 valence electrons. The number of amides is 1. The van der Waals surface area contributed by atoms with Crippen molar-refractivity contribution in [2.24, 2.45) is 13.0 Å². The van der Waals surface area contributed by atoms with Crippen LogP contribution in [0.1, 0.15) is 52.4 Å². The number of pyridine rings is 1. The molecule has 3 aliphatic heterocycles. The van der Waals surface area contributed by atoms with Crippen molar-refractivity contribution >= 4 is 17.4 Å². The van der Waals surface area contributed by atoms with E-state index in [1.54, 1.807) is 23.4 Å². The first-order valence-corrected chi connectivity index (χ1v) is 14.8. The Morgan fingerprint density at radius 1 is 1.07 bits per heavy atom. The fraction of sp³-hybridized carbons (Fsp3) is 0.364. The Bertz CT molecular complexity index is 1820. The summed E-state index contributed by atoms with van der Waals surface area (Å²) in [5.74, 6) is 1.43. The van der Waals surface area contributed by atoms with E-state index in [2.05, 4.69) is 26.0 Å². The molecule has 10 heteroatoms.